The minimum absolute atomic E-state index is 0.0168. The number of aliphatic hydroxyl groups excluding tert-OH is 2. The van der Waals surface area contributed by atoms with Crippen molar-refractivity contribution >= 4 is 23.6 Å². The van der Waals surface area contributed by atoms with Gasteiger partial charge in [0.1, 0.15) is 36.2 Å². The first kappa shape index (κ1) is 47.0. The largest absolute Gasteiger partial charge is 0.459 e. The summed E-state index contributed by atoms with van der Waals surface area (Å²) in [4.78, 5) is 45.8. The van der Waals surface area contributed by atoms with Crippen molar-refractivity contribution in [3.05, 3.63) is 142 Å². The van der Waals surface area contributed by atoms with Gasteiger partial charge in [-0.1, -0.05) is 49.2 Å². The highest BCUT2D eigenvalue weighted by Crippen LogP contribution is 2.62. The standard InChI is InChI=1S/C52H57N3O12/c1-3-22-54(51(59)37-16-20-46-47(28-37)63-33-62-46)48-30-44(53-65-32-34-14-17-38(18-15-34)55(60)61)42-27-36(11-5-7-23-56)41(13-6-8-24-57)49-43-29-40(66-39-12-9-10-35(26-39)31-58)19-21-45(43)67-52(48,50(42)49)64-25-4-2/h4,9-10,12,14-21,26-29,31,36,41,48-50,56-57H,2-3,5-8,11,13,22-25,30,32-33H2,1H3/t36-,41+,48-,49+,50+,52+/m0/s1. The summed E-state index contributed by atoms with van der Waals surface area (Å²) in [6.07, 6.45) is 9.70. The van der Waals surface area contributed by atoms with Crippen LogP contribution in [0.2, 0.25) is 0 Å². The van der Waals surface area contributed by atoms with Crippen LogP contribution in [0, 0.1) is 27.9 Å². The minimum Gasteiger partial charge on any atom is -0.459 e. The number of nitrogens with zero attached hydrogens (tertiary/aromatic N) is 3. The maximum Gasteiger partial charge on any atom is 0.269 e. The Balaban J connectivity index is 1.32. The van der Waals surface area contributed by atoms with Crippen LogP contribution in [0.3, 0.4) is 0 Å². The number of unbranched alkanes of at least 4 members (excludes halogenated alkanes) is 2. The molecule has 6 atom stereocenters. The Hall–Kier alpha value is -6.55. The molecule has 0 radical (unpaired) electrons. The number of oxime groups is 1. The lowest BCUT2D eigenvalue weighted by Gasteiger charge is -2.60. The zero-order chi connectivity index (χ0) is 46.9. The predicted molar refractivity (Wildman–Crippen MR) is 249 cm³/mol. The number of nitro benzene ring substituents is 1. The molecule has 15 heteroatoms. The third-order valence-electron chi connectivity index (χ3n) is 13.1. The molecule has 0 bridgehead atoms. The molecule has 0 saturated heterocycles. The highest BCUT2D eigenvalue weighted by molar-refractivity contribution is 6.03. The Labute approximate surface area is 389 Å². The molecule has 0 unspecified atom stereocenters. The third-order valence-corrected chi connectivity index (χ3v) is 13.1. The average molecular weight is 916 g/mol. The number of amides is 1. The molecule has 352 valence electrons. The molecule has 4 aromatic rings. The summed E-state index contributed by atoms with van der Waals surface area (Å²) in [6.45, 7) is 6.64. The SMILES string of the molecule is C=CCO[C@@]12Oc3ccc(Oc4cccc(C=O)c4)cc3[C@H]3[C@H](CCCCO)[C@@H](CCCCO)C=C(C(=NOCc4ccc([N+](=O)[O-])cc4)C[C@@H]1N(CCC)C(=O)c1ccc4c(c1)OCO4)[C@H]32. The van der Waals surface area contributed by atoms with Crippen molar-refractivity contribution in [2.75, 3.05) is 33.2 Å². The van der Waals surface area contributed by atoms with E-state index in [1.165, 1.54) is 12.1 Å². The molecule has 8 rings (SSSR count). The number of aldehydes is 1. The topological polar surface area (TPSA) is 189 Å². The van der Waals surface area contributed by atoms with Gasteiger partial charge in [-0.2, -0.15) is 0 Å². The number of non-ortho nitro benzene ring substituents is 1. The fraction of sp³-hybridized carbons (Fsp3) is 0.404. The number of hydrogen-bond acceptors (Lipinski definition) is 13. The van der Waals surface area contributed by atoms with E-state index in [1.54, 1.807) is 60.7 Å². The van der Waals surface area contributed by atoms with E-state index in [1.807, 2.05) is 30.0 Å². The Morgan fingerprint density at radius 1 is 0.955 bits per heavy atom. The maximum absolute atomic E-state index is 15.2. The van der Waals surface area contributed by atoms with Gasteiger partial charge in [-0.05, 0) is 116 Å². The normalized spacial score (nSPS) is 22.7. The van der Waals surface area contributed by atoms with Crippen LogP contribution in [0.1, 0.15) is 96.1 Å². The summed E-state index contributed by atoms with van der Waals surface area (Å²) in [5.41, 5.74) is 3.84. The van der Waals surface area contributed by atoms with Gasteiger partial charge in [-0.3, -0.25) is 19.7 Å². The van der Waals surface area contributed by atoms with Gasteiger partial charge in [0.2, 0.25) is 12.6 Å². The van der Waals surface area contributed by atoms with E-state index in [0.29, 0.717) is 77.0 Å². The second kappa shape index (κ2) is 21.4. The lowest BCUT2D eigenvalue weighted by Crippen LogP contribution is -2.70. The second-order valence-electron chi connectivity index (χ2n) is 17.3. The smallest absolute Gasteiger partial charge is 0.269 e. The van der Waals surface area contributed by atoms with Crippen LogP contribution in [0.15, 0.2) is 114 Å². The van der Waals surface area contributed by atoms with Crippen LogP contribution in [-0.2, 0) is 16.2 Å². The average Bonchev–Trinajstić information content (AvgIpc) is 3.82. The highest BCUT2D eigenvalue weighted by atomic mass is 16.7. The number of aliphatic hydroxyl groups is 2. The number of ether oxygens (including phenoxy) is 5. The van der Waals surface area contributed by atoms with Crippen molar-refractivity contribution in [3.8, 4) is 28.7 Å². The van der Waals surface area contributed by atoms with E-state index in [-0.39, 0.29) is 69.0 Å². The van der Waals surface area contributed by atoms with E-state index in [2.05, 4.69) is 12.7 Å². The molecule has 1 amide bonds. The molecule has 2 aliphatic carbocycles. The Bertz CT molecular complexity index is 2490. The summed E-state index contributed by atoms with van der Waals surface area (Å²) >= 11 is 0. The number of rotatable bonds is 22. The molecular weight excluding hydrogens is 859 g/mol. The predicted octanol–water partition coefficient (Wildman–Crippen LogP) is 9.31. The zero-order valence-corrected chi connectivity index (χ0v) is 37.6. The molecule has 0 aromatic heterocycles. The monoisotopic (exact) mass is 915 g/mol. The summed E-state index contributed by atoms with van der Waals surface area (Å²) in [5, 5.41) is 36.3. The van der Waals surface area contributed by atoms with E-state index >= 15 is 4.79 Å². The van der Waals surface area contributed by atoms with E-state index in [9.17, 15) is 25.1 Å². The van der Waals surface area contributed by atoms with E-state index in [0.717, 1.165) is 43.1 Å². The van der Waals surface area contributed by atoms with Crippen LogP contribution < -0.4 is 18.9 Å². The lowest BCUT2D eigenvalue weighted by atomic mass is 9.55. The fourth-order valence-corrected chi connectivity index (χ4v) is 10.2. The van der Waals surface area contributed by atoms with Gasteiger partial charge < -0.3 is 43.6 Å². The second-order valence-corrected chi connectivity index (χ2v) is 17.3. The van der Waals surface area contributed by atoms with Crippen LogP contribution in [-0.4, -0.2) is 82.9 Å². The highest BCUT2D eigenvalue weighted by Gasteiger charge is 2.65. The first-order valence-corrected chi connectivity index (χ1v) is 23.1. The van der Waals surface area contributed by atoms with Crippen molar-refractivity contribution in [1.29, 1.82) is 0 Å². The Kier molecular flexibility index (Phi) is 15.0. The summed E-state index contributed by atoms with van der Waals surface area (Å²) in [6, 6.07) is 23.1. The minimum atomic E-state index is -1.50. The molecular formula is C52H57N3O12. The third kappa shape index (κ3) is 9.95. The van der Waals surface area contributed by atoms with Crippen molar-refractivity contribution in [1.82, 2.24) is 4.90 Å². The molecule has 0 spiro atoms. The molecule has 4 aliphatic rings. The van der Waals surface area contributed by atoms with Crippen molar-refractivity contribution < 1.29 is 53.2 Å². The quantitative estimate of drug-likeness (QED) is 0.0250. The zero-order valence-electron chi connectivity index (χ0n) is 37.6. The number of allylic oxidation sites excluding steroid dienone is 1. The molecule has 1 saturated carbocycles. The molecule has 2 N–H and O–H groups in total. The van der Waals surface area contributed by atoms with Crippen molar-refractivity contribution in [2.24, 2.45) is 22.9 Å². The van der Waals surface area contributed by atoms with Crippen LogP contribution in [0.5, 0.6) is 28.7 Å². The Morgan fingerprint density at radius 2 is 1.72 bits per heavy atom. The summed E-state index contributed by atoms with van der Waals surface area (Å²) in [7, 11) is 0. The van der Waals surface area contributed by atoms with Crippen molar-refractivity contribution in [2.45, 2.75) is 82.6 Å². The maximum atomic E-state index is 15.2. The number of fused-ring (bicyclic) bond motifs is 3. The van der Waals surface area contributed by atoms with Gasteiger partial charge in [0.15, 0.2) is 11.5 Å². The van der Waals surface area contributed by atoms with Gasteiger partial charge in [-0.25, -0.2) is 0 Å². The van der Waals surface area contributed by atoms with E-state index < -0.39 is 22.7 Å². The molecule has 2 aliphatic heterocycles. The number of hydrogen-bond donors (Lipinski definition) is 2. The summed E-state index contributed by atoms with van der Waals surface area (Å²) < 4.78 is 32.3. The molecule has 1 fully saturated rings. The summed E-state index contributed by atoms with van der Waals surface area (Å²) in [5.74, 6) is -0.103. The van der Waals surface area contributed by atoms with Crippen LogP contribution >= 0.6 is 0 Å². The first-order valence-electron chi connectivity index (χ1n) is 23.1. The number of carbonyl (C=O) groups excluding carboxylic acids is 2. The van der Waals surface area contributed by atoms with Gasteiger partial charge in [0.05, 0.1) is 23.2 Å². The Morgan fingerprint density at radius 3 is 2.46 bits per heavy atom. The van der Waals surface area contributed by atoms with E-state index in [4.69, 9.17) is 33.7 Å². The van der Waals surface area contributed by atoms with Gasteiger partial charge >= 0.3 is 0 Å². The molecule has 67 heavy (non-hydrogen) atoms. The van der Waals surface area contributed by atoms with Crippen molar-refractivity contribution in [3.63, 3.8) is 0 Å². The number of benzene rings is 4. The number of carbonyl (C=O) groups is 2. The molecule has 4 aromatic carbocycles. The van der Waals surface area contributed by atoms with Crippen LogP contribution in [0.4, 0.5) is 5.69 Å². The van der Waals surface area contributed by atoms with Gasteiger partial charge in [-0.15, -0.1) is 6.58 Å². The van der Waals surface area contributed by atoms with Gasteiger partial charge in [0.25, 0.3) is 11.6 Å². The molecule has 2 heterocycles. The fourth-order valence-electron chi connectivity index (χ4n) is 10.2. The first-order chi connectivity index (χ1) is 32.7. The number of nitro groups is 1. The molecule has 15 nitrogen and oxygen atoms in total. The van der Waals surface area contributed by atoms with Gasteiger partial charge in [0, 0.05) is 60.9 Å². The van der Waals surface area contributed by atoms with Crippen LogP contribution in [0.25, 0.3) is 0 Å². The lowest BCUT2D eigenvalue weighted by molar-refractivity contribution is -0.384.